The van der Waals surface area contributed by atoms with Gasteiger partial charge in [0, 0.05) is 6.42 Å². The maximum Gasteiger partial charge on any atom is 0.220 e. The van der Waals surface area contributed by atoms with Gasteiger partial charge in [-0.15, -0.1) is 0 Å². The van der Waals surface area contributed by atoms with E-state index in [-0.39, 0.29) is 18.9 Å². The third-order valence-corrected chi connectivity index (χ3v) is 21.2. The third kappa shape index (κ3) is 49.1. The number of aliphatic hydroxyl groups excluding tert-OH is 11. The molecule has 3 aliphatic heterocycles. The number of ether oxygens (including phenoxy) is 6. The van der Waals surface area contributed by atoms with Crippen molar-refractivity contribution in [3.05, 3.63) is 122 Å². The van der Waals surface area contributed by atoms with E-state index < -0.39 is 124 Å². The number of unbranched alkanes of at least 4 members (excludes halogenated alkanes) is 36. The summed E-state index contributed by atoms with van der Waals surface area (Å²) in [5, 5.41) is 121. The van der Waals surface area contributed by atoms with E-state index in [1.165, 1.54) is 186 Å². The van der Waals surface area contributed by atoms with E-state index in [9.17, 15) is 61.0 Å². The molecule has 640 valence electrons. The van der Waals surface area contributed by atoms with Gasteiger partial charge in [0.05, 0.1) is 38.6 Å². The van der Waals surface area contributed by atoms with Gasteiger partial charge in [0.1, 0.15) is 73.2 Å². The van der Waals surface area contributed by atoms with Crippen LogP contribution < -0.4 is 5.32 Å². The Hall–Kier alpha value is -3.81. The minimum atomic E-state index is -1.99. The number of allylic oxidation sites excluding steroid dienone is 19. The van der Waals surface area contributed by atoms with Crippen LogP contribution in [-0.2, 0) is 33.2 Å². The number of carbonyl (C=O) groups excluding carboxylic acids is 1. The van der Waals surface area contributed by atoms with Gasteiger partial charge >= 0.3 is 0 Å². The fourth-order valence-corrected chi connectivity index (χ4v) is 14.2. The molecule has 12 N–H and O–H groups in total. The third-order valence-electron chi connectivity index (χ3n) is 21.2. The molecular weight excluding hydrogens is 1410 g/mol. The van der Waals surface area contributed by atoms with Gasteiger partial charge in [-0.1, -0.05) is 341 Å². The summed E-state index contributed by atoms with van der Waals surface area (Å²) in [6, 6.07) is -0.999. The SMILES string of the molecule is CC/C=C\C/C=C\C/C=C\C/C=C\C/C=C\C/C=C\C/C=C\C/C=C\CCCCCCCCCCCCCCCCC(=O)NC(COC1OC(CO)C(OC2OC(CO)C(OC3OC(CO)C(O)C(O)C3O)C(O)C2O)C(O)C1O)C(O)/C=C/CC/C=C/CCCCCCCCCCCCCCCCCCCCCCC. The summed E-state index contributed by atoms with van der Waals surface area (Å²) < 4.78 is 34.5. The molecule has 3 fully saturated rings. The molecule has 19 heteroatoms. The second-order valence-electron chi connectivity index (χ2n) is 31.0. The number of nitrogens with one attached hydrogen (secondary N) is 1. The van der Waals surface area contributed by atoms with Crippen LogP contribution in [0.5, 0.6) is 0 Å². The number of hydrogen-bond acceptors (Lipinski definition) is 18. The van der Waals surface area contributed by atoms with Crippen molar-refractivity contribution in [1.82, 2.24) is 5.32 Å². The highest BCUT2D eigenvalue weighted by Crippen LogP contribution is 2.33. The average molecular weight is 1570 g/mol. The van der Waals surface area contributed by atoms with Crippen LogP contribution in [0, 0.1) is 0 Å². The van der Waals surface area contributed by atoms with E-state index in [0.717, 1.165) is 103 Å². The minimum Gasteiger partial charge on any atom is -0.394 e. The first-order chi connectivity index (χ1) is 54.3. The fourth-order valence-electron chi connectivity index (χ4n) is 14.2. The lowest BCUT2D eigenvalue weighted by atomic mass is 9.96. The van der Waals surface area contributed by atoms with Crippen molar-refractivity contribution < 1.29 is 89.4 Å². The molecule has 0 saturated carbocycles. The predicted octanol–water partition coefficient (Wildman–Crippen LogP) is 16.6. The smallest absolute Gasteiger partial charge is 0.220 e. The lowest BCUT2D eigenvalue weighted by molar-refractivity contribution is -0.379. The molecule has 0 aromatic rings. The summed E-state index contributed by atoms with van der Waals surface area (Å²) in [4.78, 5) is 13.5. The average Bonchev–Trinajstić information content (AvgIpc) is 0.780. The Morgan fingerprint density at radius 1 is 0.333 bits per heavy atom. The second-order valence-corrected chi connectivity index (χ2v) is 31.0. The molecular formula is C92H159NO18. The molecule has 3 saturated heterocycles. The van der Waals surface area contributed by atoms with Crippen LogP contribution in [-0.4, -0.2) is 193 Å². The summed E-state index contributed by atoms with van der Waals surface area (Å²) in [5.74, 6) is -0.287. The molecule has 0 spiro atoms. The Bertz CT molecular complexity index is 2480. The molecule has 0 bridgehead atoms. The monoisotopic (exact) mass is 1570 g/mol. The molecule has 3 heterocycles. The predicted molar refractivity (Wildman–Crippen MR) is 447 cm³/mol. The normalized spacial score (nSPS) is 25.6. The molecule has 17 atom stereocenters. The molecule has 0 aromatic heterocycles. The van der Waals surface area contributed by atoms with Crippen LogP contribution in [0.1, 0.15) is 322 Å². The largest absolute Gasteiger partial charge is 0.394 e. The number of carbonyl (C=O) groups is 1. The van der Waals surface area contributed by atoms with E-state index in [2.05, 4.69) is 129 Å². The summed E-state index contributed by atoms with van der Waals surface area (Å²) in [6.45, 7) is 1.63. The molecule has 1 amide bonds. The van der Waals surface area contributed by atoms with Crippen molar-refractivity contribution in [2.24, 2.45) is 0 Å². The van der Waals surface area contributed by atoms with Gasteiger partial charge in [0.2, 0.25) is 5.91 Å². The van der Waals surface area contributed by atoms with E-state index in [0.29, 0.717) is 12.8 Å². The Labute approximate surface area is 671 Å². The van der Waals surface area contributed by atoms with Crippen LogP contribution in [0.15, 0.2) is 122 Å². The van der Waals surface area contributed by atoms with Crippen molar-refractivity contribution >= 4 is 5.91 Å². The van der Waals surface area contributed by atoms with Gasteiger partial charge in [0.15, 0.2) is 18.9 Å². The van der Waals surface area contributed by atoms with Crippen LogP contribution in [0.2, 0.25) is 0 Å². The van der Waals surface area contributed by atoms with E-state index in [4.69, 9.17) is 28.4 Å². The van der Waals surface area contributed by atoms with E-state index in [1.54, 1.807) is 6.08 Å². The van der Waals surface area contributed by atoms with E-state index >= 15 is 0 Å². The fraction of sp³-hybridized carbons (Fsp3) is 0.772. The van der Waals surface area contributed by atoms with Gasteiger partial charge in [-0.05, 0) is 96.3 Å². The van der Waals surface area contributed by atoms with Crippen LogP contribution in [0.25, 0.3) is 0 Å². The lowest BCUT2D eigenvalue weighted by Crippen LogP contribution is -2.66. The van der Waals surface area contributed by atoms with Gasteiger partial charge in [-0.25, -0.2) is 0 Å². The van der Waals surface area contributed by atoms with Crippen LogP contribution in [0.3, 0.4) is 0 Å². The van der Waals surface area contributed by atoms with Gasteiger partial charge < -0.3 is 89.9 Å². The number of rotatable bonds is 70. The van der Waals surface area contributed by atoms with Crippen molar-refractivity contribution in [2.75, 3.05) is 26.4 Å². The molecule has 0 radical (unpaired) electrons. The summed E-state index contributed by atoms with van der Waals surface area (Å²) >= 11 is 0. The number of hydrogen-bond donors (Lipinski definition) is 12. The van der Waals surface area contributed by atoms with Crippen molar-refractivity contribution in [3.8, 4) is 0 Å². The molecule has 3 rings (SSSR count). The maximum absolute atomic E-state index is 13.5. The quantitative estimate of drug-likeness (QED) is 0.0199. The number of aliphatic hydroxyl groups is 11. The Morgan fingerprint density at radius 2 is 0.631 bits per heavy atom. The molecule has 0 aromatic carbocycles. The molecule has 3 aliphatic rings. The first-order valence-electron chi connectivity index (χ1n) is 44.3. The molecule has 19 nitrogen and oxygen atoms in total. The van der Waals surface area contributed by atoms with Gasteiger partial charge in [-0.2, -0.15) is 0 Å². The minimum absolute atomic E-state index is 0.229. The summed E-state index contributed by atoms with van der Waals surface area (Å²) in [6.07, 6.45) is 73.4. The zero-order valence-electron chi connectivity index (χ0n) is 68.9. The Balaban J connectivity index is 1.34. The first kappa shape index (κ1) is 101. The topological polar surface area (TPSA) is 307 Å². The molecule has 0 aliphatic carbocycles. The molecule has 111 heavy (non-hydrogen) atoms. The summed E-state index contributed by atoms with van der Waals surface area (Å²) in [7, 11) is 0. The zero-order valence-corrected chi connectivity index (χ0v) is 68.9. The van der Waals surface area contributed by atoms with E-state index in [1.807, 2.05) is 6.08 Å². The number of amides is 1. The molecule has 17 unspecified atom stereocenters. The maximum atomic E-state index is 13.5. The van der Waals surface area contributed by atoms with Crippen LogP contribution in [0.4, 0.5) is 0 Å². The second kappa shape index (κ2) is 70.4. The lowest BCUT2D eigenvalue weighted by Gasteiger charge is -2.48. The van der Waals surface area contributed by atoms with Crippen molar-refractivity contribution in [1.29, 1.82) is 0 Å². The highest BCUT2D eigenvalue weighted by atomic mass is 16.8. The van der Waals surface area contributed by atoms with Crippen LogP contribution >= 0.6 is 0 Å². The first-order valence-corrected chi connectivity index (χ1v) is 44.3. The Kier molecular flexibility index (Phi) is 64.3. The highest BCUT2D eigenvalue weighted by Gasteiger charge is 2.54. The van der Waals surface area contributed by atoms with Crippen molar-refractivity contribution in [3.63, 3.8) is 0 Å². The van der Waals surface area contributed by atoms with Crippen molar-refractivity contribution in [2.45, 2.75) is 426 Å². The van der Waals surface area contributed by atoms with Gasteiger partial charge in [0.25, 0.3) is 0 Å². The van der Waals surface area contributed by atoms with Gasteiger partial charge in [-0.3, -0.25) is 4.79 Å². The Morgan fingerprint density at radius 3 is 1.01 bits per heavy atom. The zero-order chi connectivity index (χ0) is 80.3. The summed E-state index contributed by atoms with van der Waals surface area (Å²) in [5.41, 5.74) is 0. The standard InChI is InChI=1S/C92H159NO18/c1-3-5-7-9-11-13-15-17-19-21-23-25-27-29-31-32-33-34-35-36-37-38-39-40-41-42-44-46-48-50-52-54-56-58-60-62-64-66-68-70-80(98)93-75(76(97)69-67-65-63-61-59-57-55-53-51-49-47-45-43-30-28-26-24-22-20-18-16-14-12-10-8-6-4-2)74-106-90-86(104)83(101)88(78(72-95)108-90)111-92-87(105)84(102)89(79(73-96)109-92)110-91-85(103)82(100)81(99)77(71-94)107-91/h5,7,11,13,17,19,23,25,29,31,33-34,36-37,39-40,59,61,67,69,75-79,81-92,94-97,99-105H,3-4,6,8-10,12,14-16,18,20-22,24,26-28,30,32,35,38,41-58,60,62-66,68,70-74H2,1-2H3,(H,93,98)/b7-5-,13-11-,19-17-,25-23-,31-29-,34-33-,37-36-,40-39-,61-59+,69-67+. The highest BCUT2D eigenvalue weighted by molar-refractivity contribution is 5.76.